The molecular formula is C12H11N5OS. The smallest absolute Gasteiger partial charge is 0.294 e. The lowest BCUT2D eigenvalue weighted by atomic mass is 10.1. The van der Waals surface area contributed by atoms with Crippen molar-refractivity contribution < 1.29 is 0 Å². The van der Waals surface area contributed by atoms with Crippen molar-refractivity contribution in [2.24, 2.45) is 0 Å². The van der Waals surface area contributed by atoms with Crippen molar-refractivity contribution in [3.8, 4) is 6.07 Å². The molecule has 0 spiro atoms. The number of benzene rings is 1. The van der Waals surface area contributed by atoms with Crippen LogP contribution in [0.5, 0.6) is 0 Å². The largest absolute Gasteiger partial charge is 0.334 e. The van der Waals surface area contributed by atoms with Crippen molar-refractivity contribution in [1.82, 2.24) is 14.9 Å². The maximum atomic E-state index is 11.9. The van der Waals surface area contributed by atoms with E-state index in [1.54, 1.807) is 30.5 Å². The third-order valence-electron chi connectivity index (χ3n) is 2.57. The zero-order chi connectivity index (χ0) is 13.8. The van der Waals surface area contributed by atoms with Gasteiger partial charge < -0.3 is 5.84 Å². The van der Waals surface area contributed by atoms with E-state index in [2.05, 4.69) is 10.2 Å². The highest BCUT2D eigenvalue weighted by Crippen LogP contribution is 2.08. The minimum Gasteiger partial charge on any atom is -0.334 e. The fourth-order valence-corrected chi connectivity index (χ4v) is 1.96. The van der Waals surface area contributed by atoms with E-state index in [0.29, 0.717) is 17.1 Å². The molecule has 0 saturated heterocycles. The van der Waals surface area contributed by atoms with Gasteiger partial charge in [-0.1, -0.05) is 23.9 Å². The molecular weight excluding hydrogens is 262 g/mol. The molecule has 19 heavy (non-hydrogen) atoms. The standard InChI is InChI=1S/C12H11N5OS/c1-19-12-16-15-10(11(18)17(12)14)6-8-2-4-9(7-13)5-3-8/h2-5H,6,14H2,1H3. The molecule has 0 atom stereocenters. The van der Waals surface area contributed by atoms with Gasteiger partial charge in [-0.25, -0.2) is 0 Å². The third-order valence-corrected chi connectivity index (χ3v) is 3.21. The maximum absolute atomic E-state index is 11.9. The van der Waals surface area contributed by atoms with Gasteiger partial charge in [-0.2, -0.15) is 9.94 Å². The Morgan fingerprint density at radius 2 is 2.05 bits per heavy atom. The summed E-state index contributed by atoms with van der Waals surface area (Å²) in [4.78, 5) is 11.9. The molecule has 0 unspecified atom stereocenters. The van der Waals surface area contributed by atoms with Crippen molar-refractivity contribution in [2.75, 3.05) is 12.1 Å². The van der Waals surface area contributed by atoms with Crippen LogP contribution in [0.2, 0.25) is 0 Å². The fourth-order valence-electron chi connectivity index (χ4n) is 1.56. The maximum Gasteiger partial charge on any atom is 0.294 e. The first-order chi connectivity index (χ1) is 9.15. The Hall–Kier alpha value is -2.33. The molecule has 1 aromatic carbocycles. The van der Waals surface area contributed by atoms with Crippen LogP contribution < -0.4 is 11.4 Å². The van der Waals surface area contributed by atoms with E-state index in [9.17, 15) is 4.79 Å². The molecule has 96 valence electrons. The summed E-state index contributed by atoms with van der Waals surface area (Å²) < 4.78 is 0.997. The highest BCUT2D eigenvalue weighted by Gasteiger charge is 2.10. The molecule has 0 fully saturated rings. The van der Waals surface area contributed by atoms with Crippen LogP contribution in [-0.2, 0) is 6.42 Å². The first kappa shape index (κ1) is 13.1. The summed E-state index contributed by atoms with van der Waals surface area (Å²) >= 11 is 1.26. The van der Waals surface area contributed by atoms with Crippen molar-refractivity contribution >= 4 is 11.8 Å². The molecule has 0 saturated carbocycles. The number of hydrogen-bond acceptors (Lipinski definition) is 6. The average Bonchev–Trinajstić information content (AvgIpc) is 2.45. The molecule has 6 nitrogen and oxygen atoms in total. The summed E-state index contributed by atoms with van der Waals surface area (Å²) in [5.41, 5.74) is 1.37. The predicted molar refractivity (Wildman–Crippen MR) is 72.2 cm³/mol. The number of hydrogen-bond donors (Lipinski definition) is 1. The molecule has 1 aromatic heterocycles. The van der Waals surface area contributed by atoms with E-state index < -0.39 is 0 Å². The fraction of sp³-hybridized carbons (Fsp3) is 0.167. The van der Waals surface area contributed by atoms with Gasteiger partial charge in [0.05, 0.1) is 11.6 Å². The zero-order valence-electron chi connectivity index (χ0n) is 10.2. The summed E-state index contributed by atoms with van der Waals surface area (Å²) in [7, 11) is 0. The topological polar surface area (TPSA) is 97.6 Å². The first-order valence-electron chi connectivity index (χ1n) is 5.42. The van der Waals surface area contributed by atoms with Crippen LogP contribution in [0.1, 0.15) is 16.8 Å². The highest BCUT2D eigenvalue weighted by molar-refractivity contribution is 7.98. The summed E-state index contributed by atoms with van der Waals surface area (Å²) in [5.74, 6) is 5.63. The minimum atomic E-state index is -0.358. The van der Waals surface area contributed by atoms with Crippen LogP contribution in [0.15, 0.2) is 34.2 Å². The van der Waals surface area contributed by atoms with Gasteiger partial charge in [0.25, 0.3) is 5.56 Å². The van der Waals surface area contributed by atoms with Gasteiger partial charge >= 0.3 is 0 Å². The summed E-state index contributed by atoms with van der Waals surface area (Å²) in [5, 5.41) is 16.9. The Balaban J connectivity index is 2.31. The van der Waals surface area contributed by atoms with Crippen molar-refractivity contribution in [2.45, 2.75) is 11.6 Å². The molecule has 7 heteroatoms. The molecule has 0 bridgehead atoms. The lowest BCUT2D eigenvalue weighted by Gasteiger charge is -2.05. The van der Waals surface area contributed by atoms with E-state index in [1.165, 1.54) is 11.8 Å². The van der Waals surface area contributed by atoms with Crippen LogP contribution >= 0.6 is 11.8 Å². The number of rotatable bonds is 3. The molecule has 2 aromatic rings. The Kier molecular flexibility index (Phi) is 3.82. The number of nitrogens with zero attached hydrogens (tertiary/aromatic N) is 4. The van der Waals surface area contributed by atoms with E-state index in [1.807, 2.05) is 6.07 Å². The second-order valence-corrected chi connectivity index (χ2v) is 4.57. The van der Waals surface area contributed by atoms with Crippen molar-refractivity contribution in [3.05, 3.63) is 51.4 Å². The number of nitriles is 1. The van der Waals surface area contributed by atoms with Crippen LogP contribution in [0.4, 0.5) is 0 Å². The summed E-state index contributed by atoms with van der Waals surface area (Å²) in [6, 6.07) is 8.99. The van der Waals surface area contributed by atoms with Gasteiger partial charge in [0.15, 0.2) is 0 Å². The van der Waals surface area contributed by atoms with Crippen LogP contribution in [0.25, 0.3) is 0 Å². The molecule has 1 heterocycles. The van der Waals surface area contributed by atoms with E-state index in [0.717, 1.165) is 10.2 Å². The normalized spacial score (nSPS) is 10.1. The third kappa shape index (κ3) is 2.74. The molecule has 2 rings (SSSR count). The number of aromatic nitrogens is 3. The number of nitrogen functional groups attached to an aromatic ring is 1. The van der Waals surface area contributed by atoms with Crippen LogP contribution in [-0.4, -0.2) is 21.1 Å². The zero-order valence-corrected chi connectivity index (χ0v) is 11.0. The van der Waals surface area contributed by atoms with Gasteiger partial charge in [-0.3, -0.25) is 4.79 Å². The SMILES string of the molecule is CSc1nnc(Cc2ccc(C#N)cc2)c(=O)n1N. The molecule has 0 aliphatic carbocycles. The average molecular weight is 273 g/mol. The summed E-state index contributed by atoms with van der Waals surface area (Å²) in [6.45, 7) is 0. The van der Waals surface area contributed by atoms with Crippen LogP contribution in [0.3, 0.4) is 0 Å². The van der Waals surface area contributed by atoms with E-state index >= 15 is 0 Å². The monoisotopic (exact) mass is 273 g/mol. The molecule has 0 aliphatic rings. The van der Waals surface area contributed by atoms with Crippen molar-refractivity contribution in [1.29, 1.82) is 5.26 Å². The van der Waals surface area contributed by atoms with Crippen LogP contribution in [0, 0.1) is 11.3 Å². The second kappa shape index (κ2) is 5.54. The Morgan fingerprint density at radius 1 is 1.37 bits per heavy atom. The molecule has 2 N–H and O–H groups in total. The molecule has 0 amide bonds. The van der Waals surface area contributed by atoms with Gasteiger partial charge in [0.1, 0.15) is 5.69 Å². The van der Waals surface area contributed by atoms with Gasteiger partial charge in [-0.05, 0) is 24.0 Å². The van der Waals surface area contributed by atoms with Gasteiger partial charge in [0.2, 0.25) is 5.16 Å². The van der Waals surface area contributed by atoms with Gasteiger partial charge in [-0.15, -0.1) is 10.2 Å². The minimum absolute atomic E-state index is 0.282. The van der Waals surface area contributed by atoms with E-state index in [4.69, 9.17) is 11.1 Å². The number of nitrogens with two attached hydrogens (primary N) is 1. The second-order valence-electron chi connectivity index (χ2n) is 3.79. The first-order valence-corrected chi connectivity index (χ1v) is 6.65. The Labute approximate surface area is 113 Å². The highest BCUT2D eigenvalue weighted by atomic mass is 32.2. The van der Waals surface area contributed by atoms with Gasteiger partial charge in [0, 0.05) is 6.42 Å². The Bertz CT molecular complexity index is 687. The van der Waals surface area contributed by atoms with E-state index in [-0.39, 0.29) is 11.3 Å². The lowest BCUT2D eigenvalue weighted by molar-refractivity contribution is 0.673. The molecule has 0 aliphatic heterocycles. The lowest BCUT2D eigenvalue weighted by Crippen LogP contribution is -2.33. The quantitative estimate of drug-likeness (QED) is 0.647. The summed E-state index contributed by atoms with van der Waals surface area (Å²) in [6.07, 6.45) is 2.11. The molecule has 0 radical (unpaired) electrons. The van der Waals surface area contributed by atoms with Crippen molar-refractivity contribution in [3.63, 3.8) is 0 Å². The predicted octanol–water partition coefficient (Wildman–Crippen LogP) is 0.536. The number of thioether (sulfide) groups is 1. The Morgan fingerprint density at radius 3 is 2.63 bits per heavy atom.